The molecule has 2 aromatic carbocycles. The average molecular weight is 354 g/mol. The molecule has 1 N–H and O–H groups in total. The Morgan fingerprint density at radius 1 is 1.08 bits per heavy atom. The van der Waals surface area contributed by atoms with Gasteiger partial charge in [-0.3, -0.25) is 9.59 Å². The first-order valence-corrected chi connectivity index (χ1v) is 8.84. The van der Waals surface area contributed by atoms with Gasteiger partial charge in [-0.15, -0.1) is 0 Å². The molecule has 0 fully saturated rings. The molecule has 0 atom stereocenters. The summed E-state index contributed by atoms with van der Waals surface area (Å²) in [6.07, 6.45) is 0.845. The Balaban J connectivity index is 1.91. The summed E-state index contributed by atoms with van der Waals surface area (Å²) in [4.78, 5) is 25.8. The van der Waals surface area contributed by atoms with Gasteiger partial charge in [-0.05, 0) is 36.6 Å². The number of nitrogens with one attached hydrogen (secondary N) is 1. The summed E-state index contributed by atoms with van der Waals surface area (Å²) >= 11 is 0. The molecule has 0 saturated heterocycles. The summed E-state index contributed by atoms with van der Waals surface area (Å²) in [6, 6.07) is 15.2. The summed E-state index contributed by atoms with van der Waals surface area (Å²) in [5.74, 6) is 0.405. The number of rotatable bonds is 8. The van der Waals surface area contributed by atoms with Crippen molar-refractivity contribution in [2.75, 3.05) is 24.6 Å². The highest BCUT2D eigenvalue weighted by atomic mass is 16.5. The van der Waals surface area contributed by atoms with E-state index in [0.29, 0.717) is 18.8 Å². The lowest BCUT2D eigenvalue weighted by Crippen LogP contribution is -2.39. The van der Waals surface area contributed by atoms with Gasteiger partial charge in [0.2, 0.25) is 5.91 Å². The van der Waals surface area contributed by atoms with Gasteiger partial charge in [0.05, 0.1) is 0 Å². The number of ether oxygens (including phenoxy) is 1. The van der Waals surface area contributed by atoms with E-state index in [1.165, 1.54) is 0 Å². The SMILES string of the molecule is CCc1cccc(C)c1N(CCNC(=O)COc1ccccc1)C(C)=O. The summed E-state index contributed by atoms with van der Waals surface area (Å²) in [5, 5.41) is 2.81. The molecule has 0 unspecified atom stereocenters. The topological polar surface area (TPSA) is 58.6 Å². The van der Waals surface area contributed by atoms with E-state index in [0.717, 1.165) is 23.2 Å². The van der Waals surface area contributed by atoms with Gasteiger partial charge in [0.15, 0.2) is 6.61 Å². The number of aryl methyl sites for hydroxylation is 2. The number of hydrogen-bond donors (Lipinski definition) is 1. The van der Waals surface area contributed by atoms with Crippen LogP contribution in [0.4, 0.5) is 5.69 Å². The lowest BCUT2D eigenvalue weighted by atomic mass is 10.0. The van der Waals surface area contributed by atoms with Gasteiger partial charge in [-0.25, -0.2) is 0 Å². The second kappa shape index (κ2) is 9.61. The maximum absolute atomic E-state index is 12.1. The molecule has 0 bridgehead atoms. The van der Waals surface area contributed by atoms with E-state index in [1.54, 1.807) is 24.0 Å². The molecule has 0 aliphatic carbocycles. The van der Waals surface area contributed by atoms with Crippen LogP contribution < -0.4 is 15.0 Å². The number of amides is 2. The Bertz CT molecular complexity index is 744. The highest BCUT2D eigenvalue weighted by molar-refractivity contribution is 5.93. The molecule has 0 aliphatic heterocycles. The zero-order valence-corrected chi connectivity index (χ0v) is 15.6. The zero-order chi connectivity index (χ0) is 18.9. The van der Waals surface area contributed by atoms with Gasteiger partial charge in [0.1, 0.15) is 5.75 Å². The van der Waals surface area contributed by atoms with Crippen LogP contribution in [0.25, 0.3) is 0 Å². The standard InChI is InChI=1S/C21H26N2O3/c1-4-18-10-8-9-16(2)21(18)23(17(3)24)14-13-22-20(25)15-26-19-11-6-5-7-12-19/h5-12H,4,13-15H2,1-3H3,(H,22,25). The number of para-hydroxylation sites is 2. The summed E-state index contributed by atoms with van der Waals surface area (Å²) in [6.45, 7) is 6.36. The zero-order valence-electron chi connectivity index (χ0n) is 15.6. The average Bonchev–Trinajstić information content (AvgIpc) is 2.64. The minimum Gasteiger partial charge on any atom is -0.484 e. The molecule has 26 heavy (non-hydrogen) atoms. The summed E-state index contributed by atoms with van der Waals surface area (Å²) in [7, 11) is 0. The third-order valence-corrected chi connectivity index (χ3v) is 4.12. The third-order valence-electron chi connectivity index (χ3n) is 4.12. The van der Waals surface area contributed by atoms with Crippen molar-refractivity contribution in [1.82, 2.24) is 5.32 Å². The molecule has 5 nitrogen and oxygen atoms in total. The molecule has 0 aromatic heterocycles. The monoisotopic (exact) mass is 354 g/mol. The van der Waals surface area contributed by atoms with Crippen molar-refractivity contribution in [3.05, 3.63) is 59.7 Å². The largest absolute Gasteiger partial charge is 0.484 e. The minimum absolute atomic E-state index is 0.0382. The van der Waals surface area contributed by atoms with Gasteiger partial charge >= 0.3 is 0 Å². The fraction of sp³-hybridized carbons (Fsp3) is 0.333. The molecule has 2 amide bonds. The van der Waals surface area contributed by atoms with Crippen molar-refractivity contribution in [2.45, 2.75) is 27.2 Å². The molecule has 0 saturated carbocycles. The van der Waals surface area contributed by atoms with Crippen molar-refractivity contribution in [3.8, 4) is 5.75 Å². The lowest BCUT2D eigenvalue weighted by molar-refractivity contribution is -0.123. The van der Waals surface area contributed by atoms with Crippen LogP contribution in [0.5, 0.6) is 5.75 Å². The van der Waals surface area contributed by atoms with Crippen LogP contribution in [0.15, 0.2) is 48.5 Å². The van der Waals surface area contributed by atoms with Crippen molar-refractivity contribution >= 4 is 17.5 Å². The summed E-state index contributed by atoms with van der Waals surface area (Å²) in [5.41, 5.74) is 3.12. The second-order valence-electron chi connectivity index (χ2n) is 6.06. The van der Waals surface area contributed by atoms with Crippen molar-refractivity contribution < 1.29 is 14.3 Å². The van der Waals surface area contributed by atoms with Crippen LogP contribution in [-0.4, -0.2) is 31.5 Å². The molecular formula is C21H26N2O3. The van der Waals surface area contributed by atoms with E-state index in [2.05, 4.69) is 12.2 Å². The van der Waals surface area contributed by atoms with Crippen LogP contribution in [0.2, 0.25) is 0 Å². The molecule has 2 rings (SSSR count). The molecule has 5 heteroatoms. The lowest BCUT2D eigenvalue weighted by Gasteiger charge is -2.26. The maximum atomic E-state index is 12.1. The number of carbonyl (C=O) groups excluding carboxylic acids is 2. The molecule has 0 aliphatic rings. The number of anilines is 1. The van der Waals surface area contributed by atoms with E-state index in [1.807, 2.05) is 43.3 Å². The first kappa shape index (κ1) is 19.5. The van der Waals surface area contributed by atoms with Crippen LogP contribution in [0, 0.1) is 6.92 Å². The third kappa shape index (κ3) is 5.34. The fourth-order valence-corrected chi connectivity index (χ4v) is 2.84. The van der Waals surface area contributed by atoms with Gasteiger partial charge < -0.3 is 15.0 Å². The van der Waals surface area contributed by atoms with Crippen LogP contribution in [0.3, 0.4) is 0 Å². The molecule has 0 radical (unpaired) electrons. The fourth-order valence-electron chi connectivity index (χ4n) is 2.84. The number of nitrogens with zero attached hydrogens (tertiary/aromatic N) is 1. The molecular weight excluding hydrogens is 328 g/mol. The predicted molar refractivity (Wildman–Crippen MR) is 104 cm³/mol. The molecule has 0 spiro atoms. The smallest absolute Gasteiger partial charge is 0.258 e. The van der Waals surface area contributed by atoms with E-state index in [4.69, 9.17) is 4.74 Å². The number of hydrogen-bond acceptors (Lipinski definition) is 3. The Kier molecular flexibility index (Phi) is 7.21. The Labute approximate surface area is 155 Å². The second-order valence-corrected chi connectivity index (χ2v) is 6.06. The van der Waals surface area contributed by atoms with E-state index >= 15 is 0 Å². The van der Waals surface area contributed by atoms with Crippen molar-refractivity contribution in [2.24, 2.45) is 0 Å². The highest BCUT2D eigenvalue weighted by Crippen LogP contribution is 2.25. The molecule has 0 heterocycles. The van der Waals surface area contributed by atoms with E-state index in [9.17, 15) is 9.59 Å². The number of benzene rings is 2. The highest BCUT2D eigenvalue weighted by Gasteiger charge is 2.17. The molecule has 2 aromatic rings. The van der Waals surface area contributed by atoms with Crippen LogP contribution >= 0.6 is 0 Å². The Hall–Kier alpha value is -2.82. The Morgan fingerprint density at radius 2 is 1.81 bits per heavy atom. The van der Waals surface area contributed by atoms with Crippen molar-refractivity contribution in [1.29, 1.82) is 0 Å². The summed E-state index contributed by atoms with van der Waals surface area (Å²) < 4.78 is 5.42. The van der Waals surface area contributed by atoms with E-state index < -0.39 is 0 Å². The van der Waals surface area contributed by atoms with Crippen molar-refractivity contribution in [3.63, 3.8) is 0 Å². The van der Waals surface area contributed by atoms with Gasteiger partial charge in [0, 0.05) is 25.7 Å². The number of carbonyl (C=O) groups is 2. The normalized spacial score (nSPS) is 10.3. The van der Waals surface area contributed by atoms with Crippen LogP contribution in [-0.2, 0) is 16.0 Å². The van der Waals surface area contributed by atoms with Gasteiger partial charge in [-0.1, -0.05) is 43.3 Å². The van der Waals surface area contributed by atoms with Crippen LogP contribution in [0.1, 0.15) is 25.0 Å². The predicted octanol–water partition coefficient (Wildman–Crippen LogP) is 3.11. The Morgan fingerprint density at radius 3 is 2.46 bits per heavy atom. The first-order valence-electron chi connectivity index (χ1n) is 8.84. The quantitative estimate of drug-likeness (QED) is 0.792. The first-order chi connectivity index (χ1) is 12.5. The van der Waals surface area contributed by atoms with Gasteiger partial charge in [0.25, 0.3) is 5.91 Å². The van der Waals surface area contributed by atoms with E-state index in [-0.39, 0.29) is 18.4 Å². The maximum Gasteiger partial charge on any atom is 0.258 e. The van der Waals surface area contributed by atoms with Gasteiger partial charge in [-0.2, -0.15) is 0 Å². The molecule has 138 valence electrons. The minimum atomic E-state index is -0.210.